The highest BCUT2D eigenvalue weighted by atomic mass is 16.5. The number of methoxy groups -OCH3 is 1. The summed E-state index contributed by atoms with van der Waals surface area (Å²) < 4.78 is 5.27. The average Bonchev–Trinajstić information content (AvgIpc) is 2.74. The number of benzene rings is 1. The molecule has 0 fully saturated rings. The largest absolute Gasteiger partial charge is 0.497 e. The van der Waals surface area contributed by atoms with Crippen LogP contribution in [0.25, 0.3) is 10.9 Å². The van der Waals surface area contributed by atoms with Gasteiger partial charge in [0.05, 0.1) is 13.7 Å². The fraction of sp³-hybridized carbons (Fsp3) is 0.467. The molecular formula is C15H22N2O2. The van der Waals surface area contributed by atoms with E-state index in [1.807, 2.05) is 12.1 Å². The summed E-state index contributed by atoms with van der Waals surface area (Å²) in [5.74, 6) is 0.879. The van der Waals surface area contributed by atoms with Crippen molar-refractivity contribution in [1.29, 1.82) is 0 Å². The molecule has 4 nitrogen and oxygen atoms in total. The number of aliphatic hydroxyl groups is 1. The van der Waals surface area contributed by atoms with Crippen molar-refractivity contribution in [3.05, 3.63) is 29.5 Å². The van der Waals surface area contributed by atoms with E-state index in [0.29, 0.717) is 6.54 Å². The Kier molecular flexibility index (Phi) is 4.45. The van der Waals surface area contributed by atoms with Gasteiger partial charge in [0.15, 0.2) is 0 Å². The number of aliphatic hydroxyl groups excluding tert-OH is 1. The van der Waals surface area contributed by atoms with Gasteiger partial charge in [0.25, 0.3) is 0 Å². The summed E-state index contributed by atoms with van der Waals surface area (Å²) in [7, 11) is 1.68. The number of H-pyrrole nitrogens is 1. The van der Waals surface area contributed by atoms with Crippen LogP contribution in [0.5, 0.6) is 5.75 Å². The van der Waals surface area contributed by atoms with Crippen LogP contribution in [0.2, 0.25) is 0 Å². The molecule has 4 heteroatoms. The van der Waals surface area contributed by atoms with Gasteiger partial charge in [-0.3, -0.25) is 4.90 Å². The molecule has 104 valence electrons. The van der Waals surface area contributed by atoms with Crippen LogP contribution in [0.1, 0.15) is 18.2 Å². The summed E-state index contributed by atoms with van der Waals surface area (Å²) in [5, 5.41) is 10.3. The lowest BCUT2D eigenvalue weighted by Crippen LogP contribution is -2.26. The van der Waals surface area contributed by atoms with E-state index in [1.54, 1.807) is 7.11 Å². The Labute approximate surface area is 114 Å². The highest BCUT2D eigenvalue weighted by Crippen LogP contribution is 2.26. The maximum atomic E-state index is 9.05. The predicted octanol–water partition coefficient (Wildman–Crippen LogP) is 2.30. The van der Waals surface area contributed by atoms with Crippen molar-refractivity contribution in [2.45, 2.75) is 20.4 Å². The molecule has 0 amide bonds. The number of nitrogens with zero attached hydrogens (tertiary/aromatic N) is 1. The van der Waals surface area contributed by atoms with E-state index in [-0.39, 0.29) is 6.61 Å². The Bertz CT molecular complexity index is 548. The van der Waals surface area contributed by atoms with E-state index < -0.39 is 0 Å². The molecule has 0 spiro atoms. The number of fused-ring (bicyclic) bond motifs is 1. The lowest BCUT2D eigenvalue weighted by atomic mass is 10.1. The fourth-order valence-electron chi connectivity index (χ4n) is 2.36. The van der Waals surface area contributed by atoms with Gasteiger partial charge in [0, 0.05) is 29.7 Å². The number of ether oxygens (including phenoxy) is 1. The lowest BCUT2D eigenvalue weighted by molar-refractivity contribution is 0.195. The number of nitrogens with one attached hydrogen (secondary N) is 1. The third-order valence-corrected chi connectivity index (χ3v) is 3.61. The van der Waals surface area contributed by atoms with Gasteiger partial charge in [-0.2, -0.15) is 0 Å². The van der Waals surface area contributed by atoms with Crippen LogP contribution < -0.4 is 4.74 Å². The van der Waals surface area contributed by atoms with Crippen molar-refractivity contribution >= 4 is 10.9 Å². The summed E-state index contributed by atoms with van der Waals surface area (Å²) in [6.07, 6.45) is 0. The molecule has 19 heavy (non-hydrogen) atoms. The van der Waals surface area contributed by atoms with Gasteiger partial charge in [-0.1, -0.05) is 6.92 Å². The van der Waals surface area contributed by atoms with Crippen LogP contribution in [0, 0.1) is 6.92 Å². The zero-order valence-corrected chi connectivity index (χ0v) is 11.9. The number of hydrogen-bond donors (Lipinski definition) is 2. The standard InChI is InChI=1S/C15H22N2O2/c1-4-17(7-8-18)10-15-11(2)13-9-12(19-3)5-6-14(13)16-15/h5-6,9,16,18H,4,7-8,10H2,1-3H3. The van der Waals surface area contributed by atoms with Gasteiger partial charge in [-0.15, -0.1) is 0 Å². The van der Waals surface area contributed by atoms with Crippen molar-refractivity contribution in [2.75, 3.05) is 26.8 Å². The van der Waals surface area contributed by atoms with Gasteiger partial charge in [-0.25, -0.2) is 0 Å². The summed E-state index contributed by atoms with van der Waals surface area (Å²) in [4.78, 5) is 5.68. The van der Waals surface area contributed by atoms with Gasteiger partial charge in [0.1, 0.15) is 5.75 Å². The monoisotopic (exact) mass is 262 g/mol. The van der Waals surface area contributed by atoms with Gasteiger partial charge < -0.3 is 14.8 Å². The van der Waals surface area contributed by atoms with Crippen LogP contribution >= 0.6 is 0 Å². The lowest BCUT2D eigenvalue weighted by Gasteiger charge is -2.18. The van der Waals surface area contributed by atoms with E-state index in [1.165, 1.54) is 16.6 Å². The number of aryl methyl sites for hydroxylation is 1. The third-order valence-electron chi connectivity index (χ3n) is 3.61. The maximum Gasteiger partial charge on any atom is 0.119 e. The van der Waals surface area contributed by atoms with E-state index in [2.05, 4.69) is 29.8 Å². The quantitative estimate of drug-likeness (QED) is 0.840. The molecule has 0 saturated heterocycles. The first-order valence-electron chi connectivity index (χ1n) is 6.68. The highest BCUT2D eigenvalue weighted by molar-refractivity contribution is 5.85. The van der Waals surface area contributed by atoms with E-state index >= 15 is 0 Å². The van der Waals surface area contributed by atoms with Gasteiger partial charge in [0.2, 0.25) is 0 Å². The minimum absolute atomic E-state index is 0.195. The Morgan fingerprint density at radius 2 is 2.16 bits per heavy atom. The summed E-state index contributed by atoms with van der Waals surface area (Å²) in [5.41, 5.74) is 3.59. The molecule has 1 heterocycles. The topological polar surface area (TPSA) is 48.5 Å². The summed E-state index contributed by atoms with van der Waals surface area (Å²) >= 11 is 0. The summed E-state index contributed by atoms with van der Waals surface area (Å²) in [6.45, 7) is 6.89. The smallest absolute Gasteiger partial charge is 0.119 e. The molecule has 0 atom stereocenters. The molecule has 2 aromatic rings. The molecule has 0 unspecified atom stereocenters. The fourth-order valence-corrected chi connectivity index (χ4v) is 2.36. The second-order valence-electron chi connectivity index (χ2n) is 4.73. The predicted molar refractivity (Wildman–Crippen MR) is 77.6 cm³/mol. The molecule has 0 saturated carbocycles. The van der Waals surface area contributed by atoms with E-state index in [9.17, 15) is 0 Å². The number of hydrogen-bond acceptors (Lipinski definition) is 3. The van der Waals surface area contributed by atoms with E-state index in [0.717, 1.165) is 24.4 Å². The van der Waals surface area contributed by atoms with Crippen molar-refractivity contribution in [3.63, 3.8) is 0 Å². The minimum atomic E-state index is 0.195. The van der Waals surface area contributed by atoms with Crippen LogP contribution in [0.4, 0.5) is 0 Å². The molecule has 1 aromatic heterocycles. The minimum Gasteiger partial charge on any atom is -0.497 e. The second kappa shape index (κ2) is 6.08. The number of aromatic amines is 1. The first-order valence-corrected chi connectivity index (χ1v) is 6.68. The van der Waals surface area contributed by atoms with Crippen LogP contribution in [0.15, 0.2) is 18.2 Å². The molecule has 0 aliphatic rings. The molecule has 2 rings (SSSR count). The number of aromatic nitrogens is 1. The summed E-state index contributed by atoms with van der Waals surface area (Å²) in [6, 6.07) is 6.08. The number of likely N-dealkylation sites (N-methyl/N-ethyl adjacent to an activating group) is 1. The van der Waals surface area contributed by atoms with Crippen LogP contribution in [0.3, 0.4) is 0 Å². The molecule has 0 aliphatic heterocycles. The van der Waals surface area contributed by atoms with Crippen molar-refractivity contribution in [3.8, 4) is 5.75 Å². The first-order chi connectivity index (χ1) is 9.19. The van der Waals surface area contributed by atoms with Gasteiger partial charge >= 0.3 is 0 Å². The average molecular weight is 262 g/mol. The van der Waals surface area contributed by atoms with Crippen LogP contribution in [-0.2, 0) is 6.54 Å². The third kappa shape index (κ3) is 2.91. The Morgan fingerprint density at radius 1 is 1.37 bits per heavy atom. The zero-order chi connectivity index (χ0) is 13.8. The SMILES string of the molecule is CCN(CCO)Cc1[nH]c2ccc(OC)cc2c1C. The molecule has 0 bridgehead atoms. The Balaban J connectivity index is 2.31. The normalized spacial score (nSPS) is 11.4. The second-order valence-corrected chi connectivity index (χ2v) is 4.73. The van der Waals surface area contributed by atoms with Crippen molar-refractivity contribution in [2.24, 2.45) is 0 Å². The molecular weight excluding hydrogens is 240 g/mol. The highest BCUT2D eigenvalue weighted by Gasteiger charge is 2.11. The zero-order valence-electron chi connectivity index (χ0n) is 11.9. The molecule has 1 aromatic carbocycles. The Morgan fingerprint density at radius 3 is 2.79 bits per heavy atom. The van der Waals surface area contributed by atoms with Gasteiger partial charge in [-0.05, 0) is 37.2 Å². The molecule has 0 aliphatic carbocycles. The van der Waals surface area contributed by atoms with Crippen molar-refractivity contribution in [1.82, 2.24) is 9.88 Å². The van der Waals surface area contributed by atoms with E-state index in [4.69, 9.17) is 9.84 Å². The maximum absolute atomic E-state index is 9.05. The molecule has 2 N–H and O–H groups in total. The van der Waals surface area contributed by atoms with Crippen molar-refractivity contribution < 1.29 is 9.84 Å². The Hall–Kier alpha value is -1.52. The van der Waals surface area contributed by atoms with Crippen LogP contribution in [-0.4, -0.2) is 41.8 Å². The molecule has 0 radical (unpaired) electrons. The number of rotatable bonds is 6. The first kappa shape index (κ1) is 13.9.